The van der Waals surface area contributed by atoms with Crippen LogP contribution in [0.1, 0.15) is 146 Å². The molecule has 2 aliphatic rings. The lowest BCUT2D eigenvalue weighted by Crippen LogP contribution is -2.40. The summed E-state index contributed by atoms with van der Waals surface area (Å²) in [7, 11) is 1.67. The molecule has 0 spiro atoms. The van der Waals surface area contributed by atoms with Gasteiger partial charge < -0.3 is 29.1 Å². The van der Waals surface area contributed by atoms with Gasteiger partial charge in [0.2, 0.25) is 0 Å². The first-order chi connectivity index (χ1) is 27.5. The van der Waals surface area contributed by atoms with Gasteiger partial charge in [0.25, 0.3) is 5.91 Å². The minimum atomic E-state index is -0.748. The quantitative estimate of drug-likeness (QED) is 0.0905. The van der Waals surface area contributed by atoms with E-state index in [1.54, 1.807) is 7.11 Å². The molecule has 1 saturated heterocycles. The van der Waals surface area contributed by atoms with Crippen LogP contribution in [-0.2, 0) is 4.79 Å². The summed E-state index contributed by atoms with van der Waals surface area (Å²) in [4.78, 5) is 30.4. The molecule has 312 valence electrons. The molecule has 0 radical (unpaired) electrons. The summed E-state index contributed by atoms with van der Waals surface area (Å²) >= 11 is 0. The molecule has 1 N–H and O–H groups in total. The van der Waals surface area contributed by atoms with Gasteiger partial charge in [0.05, 0.1) is 38.0 Å². The lowest BCUT2D eigenvalue weighted by molar-refractivity contribution is -0.137. The molecule has 2 fully saturated rings. The summed E-state index contributed by atoms with van der Waals surface area (Å²) in [5, 5.41) is 9.48. The highest BCUT2D eigenvalue weighted by Crippen LogP contribution is 2.45. The molecule has 1 atom stereocenters. The Morgan fingerprint density at radius 3 is 2.05 bits per heavy atom. The van der Waals surface area contributed by atoms with Gasteiger partial charge in [0, 0.05) is 31.4 Å². The van der Waals surface area contributed by atoms with Crippen molar-refractivity contribution in [2.24, 2.45) is 17.3 Å². The average Bonchev–Trinajstić information content (AvgIpc) is 4.06. The van der Waals surface area contributed by atoms with Crippen molar-refractivity contribution in [3.8, 4) is 17.2 Å². The number of rotatable bonds is 24. The second-order valence-electron chi connectivity index (χ2n) is 17.7. The molecular formula is C49H70N2O6. The fourth-order valence-electron chi connectivity index (χ4n) is 8.12. The highest BCUT2D eigenvalue weighted by Gasteiger charge is 2.34. The topological polar surface area (TPSA) is 88.5 Å². The highest BCUT2D eigenvalue weighted by molar-refractivity contribution is 6.10. The van der Waals surface area contributed by atoms with Crippen LogP contribution in [0.4, 0.5) is 11.4 Å². The molecule has 57 heavy (non-hydrogen) atoms. The van der Waals surface area contributed by atoms with Gasteiger partial charge in [-0.3, -0.25) is 9.59 Å². The Hall–Kier alpha value is -4.20. The molecule has 1 unspecified atom stereocenters. The number of carbonyl (C=O) groups is 2. The number of hydrogen-bond donors (Lipinski definition) is 1. The van der Waals surface area contributed by atoms with Crippen molar-refractivity contribution in [3.63, 3.8) is 0 Å². The molecule has 1 saturated carbocycles. The number of aliphatic carboxylic acids is 1. The fourth-order valence-corrected chi connectivity index (χ4v) is 8.12. The zero-order valence-electron chi connectivity index (χ0n) is 35.6. The zero-order chi connectivity index (χ0) is 40.6. The maximum atomic E-state index is 14.6. The number of carboxylic acid groups (broad SMARTS) is 1. The normalized spacial score (nSPS) is 15.3. The zero-order valence-corrected chi connectivity index (χ0v) is 35.6. The SMILES string of the molecule is CCCCCCCCCCCCOc1ccc(N(CC(C)(C)C)C(=O)c2ccc(OC)cc2N2CCC(COc3cccc(C(CC(=O)O)C4CC4)c3)CC2)cc1. The third-order valence-corrected chi connectivity index (χ3v) is 11.5. The van der Waals surface area contributed by atoms with Crippen LogP contribution in [0, 0.1) is 17.3 Å². The summed E-state index contributed by atoms with van der Waals surface area (Å²) in [5.74, 6) is 2.47. The largest absolute Gasteiger partial charge is 0.497 e. The molecule has 5 rings (SSSR count). The van der Waals surface area contributed by atoms with E-state index in [1.807, 2.05) is 71.6 Å². The molecule has 8 nitrogen and oxygen atoms in total. The van der Waals surface area contributed by atoms with Crippen molar-refractivity contribution >= 4 is 23.3 Å². The molecule has 8 heteroatoms. The van der Waals surface area contributed by atoms with E-state index in [9.17, 15) is 14.7 Å². The van der Waals surface area contributed by atoms with E-state index >= 15 is 0 Å². The fraction of sp³-hybridized carbons (Fsp3) is 0.592. The average molecular weight is 783 g/mol. The predicted octanol–water partition coefficient (Wildman–Crippen LogP) is 12.0. The second kappa shape index (κ2) is 22.1. The Balaban J connectivity index is 1.17. The maximum absolute atomic E-state index is 14.6. The minimum Gasteiger partial charge on any atom is -0.497 e. The maximum Gasteiger partial charge on any atom is 0.303 e. The van der Waals surface area contributed by atoms with Crippen molar-refractivity contribution in [2.45, 2.75) is 130 Å². The van der Waals surface area contributed by atoms with Crippen LogP contribution in [0.15, 0.2) is 66.7 Å². The van der Waals surface area contributed by atoms with E-state index in [1.165, 1.54) is 57.8 Å². The highest BCUT2D eigenvalue weighted by atomic mass is 16.5. The molecule has 1 aliphatic heterocycles. The number of hydrogen-bond acceptors (Lipinski definition) is 6. The number of ether oxygens (including phenoxy) is 3. The smallest absolute Gasteiger partial charge is 0.303 e. The number of carboxylic acids is 1. The van der Waals surface area contributed by atoms with Crippen LogP contribution in [-0.4, -0.2) is 56.9 Å². The van der Waals surface area contributed by atoms with Gasteiger partial charge in [-0.1, -0.05) is 97.6 Å². The van der Waals surface area contributed by atoms with Crippen LogP contribution >= 0.6 is 0 Å². The number of benzene rings is 3. The van der Waals surface area contributed by atoms with Crippen LogP contribution in [0.3, 0.4) is 0 Å². The van der Waals surface area contributed by atoms with E-state index in [0.29, 0.717) is 37.2 Å². The van der Waals surface area contributed by atoms with Crippen molar-refractivity contribution in [3.05, 3.63) is 77.9 Å². The van der Waals surface area contributed by atoms with Gasteiger partial charge in [-0.25, -0.2) is 0 Å². The molecular weight excluding hydrogens is 713 g/mol. The summed E-state index contributed by atoms with van der Waals surface area (Å²) < 4.78 is 18.1. The lowest BCUT2D eigenvalue weighted by atomic mass is 9.91. The standard InChI is InChI=1S/C49H70N2O6/c1-6-7-8-9-10-11-12-13-14-15-31-56-41-23-21-40(22-24-41)51(36-49(2,3)4)48(54)44-26-25-42(55-5)33-46(44)50-29-27-37(28-30-50)35-57-43-18-16-17-39(32-43)45(34-47(52)53)38-19-20-38/h16-18,21-26,32-33,37-38,45H,6-15,19-20,27-31,34-36H2,1-5H3,(H,52,53). The molecule has 1 aliphatic carbocycles. The van der Waals surface area contributed by atoms with Crippen LogP contribution in [0.2, 0.25) is 0 Å². The lowest BCUT2D eigenvalue weighted by Gasteiger charge is -2.36. The van der Waals surface area contributed by atoms with Gasteiger partial charge >= 0.3 is 5.97 Å². The summed E-state index contributed by atoms with van der Waals surface area (Å²) in [6, 6.07) is 21.9. The Bertz CT molecular complexity index is 1670. The third kappa shape index (κ3) is 14.3. The second-order valence-corrected chi connectivity index (χ2v) is 17.7. The van der Waals surface area contributed by atoms with E-state index in [0.717, 1.165) is 79.4 Å². The Kier molecular flexibility index (Phi) is 17.0. The first-order valence-electron chi connectivity index (χ1n) is 22.0. The molecule has 3 aromatic rings. The molecule has 1 heterocycles. The Morgan fingerprint density at radius 2 is 1.44 bits per heavy atom. The molecule has 1 amide bonds. The van der Waals surface area contributed by atoms with Crippen molar-refractivity contribution in [1.82, 2.24) is 0 Å². The predicted molar refractivity (Wildman–Crippen MR) is 232 cm³/mol. The number of methoxy groups -OCH3 is 1. The number of unbranched alkanes of at least 4 members (excludes halogenated alkanes) is 9. The van der Waals surface area contributed by atoms with Crippen LogP contribution in [0.25, 0.3) is 0 Å². The van der Waals surface area contributed by atoms with Crippen molar-refractivity contribution in [2.75, 3.05) is 49.8 Å². The molecule has 3 aromatic carbocycles. The minimum absolute atomic E-state index is 0.0284. The number of anilines is 2. The monoisotopic (exact) mass is 783 g/mol. The van der Waals surface area contributed by atoms with E-state index < -0.39 is 5.97 Å². The third-order valence-electron chi connectivity index (χ3n) is 11.5. The van der Waals surface area contributed by atoms with Crippen LogP contribution < -0.4 is 24.0 Å². The summed E-state index contributed by atoms with van der Waals surface area (Å²) in [6.45, 7) is 12.2. The molecule has 0 aromatic heterocycles. The van der Waals surface area contributed by atoms with E-state index in [4.69, 9.17) is 14.2 Å². The van der Waals surface area contributed by atoms with Gasteiger partial charge in [-0.2, -0.15) is 0 Å². The number of amides is 1. The van der Waals surface area contributed by atoms with Gasteiger partial charge in [-0.05, 0) is 109 Å². The Morgan fingerprint density at radius 1 is 0.789 bits per heavy atom. The van der Waals surface area contributed by atoms with Crippen molar-refractivity contribution in [1.29, 1.82) is 0 Å². The van der Waals surface area contributed by atoms with Crippen molar-refractivity contribution < 1.29 is 28.9 Å². The van der Waals surface area contributed by atoms with E-state index in [2.05, 4.69) is 32.6 Å². The van der Waals surface area contributed by atoms with Crippen LogP contribution in [0.5, 0.6) is 17.2 Å². The number of nitrogens with zero attached hydrogens (tertiary/aromatic N) is 2. The van der Waals surface area contributed by atoms with Gasteiger partial charge in [-0.15, -0.1) is 0 Å². The summed E-state index contributed by atoms with van der Waals surface area (Å²) in [6.07, 6.45) is 17.2. The van der Waals surface area contributed by atoms with E-state index in [-0.39, 0.29) is 23.7 Å². The number of piperidine rings is 1. The first-order valence-corrected chi connectivity index (χ1v) is 22.0. The Labute approximate surface area is 343 Å². The van der Waals surface area contributed by atoms with Gasteiger partial charge in [0.1, 0.15) is 17.2 Å². The number of carbonyl (C=O) groups excluding carboxylic acids is 1. The van der Waals surface area contributed by atoms with Gasteiger partial charge in [0.15, 0.2) is 0 Å². The molecule has 0 bridgehead atoms. The first kappa shape index (κ1) is 43.9. The summed E-state index contributed by atoms with van der Waals surface area (Å²) in [5.41, 5.74) is 3.35.